The van der Waals surface area contributed by atoms with Crippen molar-refractivity contribution >= 4 is 40.2 Å². The van der Waals surface area contributed by atoms with Crippen LogP contribution >= 0.6 is 11.8 Å². The lowest BCUT2D eigenvalue weighted by Crippen LogP contribution is -2.59. The van der Waals surface area contributed by atoms with Crippen LogP contribution in [0.5, 0.6) is 0 Å². The van der Waals surface area contributed by atoms with Crippen LogP contribution in [0, 0.1) is 0 Å². The lowest BCUT2D eigenvalue weighted by molar-refractivity contribution is -0.929. The molecule has 1 amide bonds. The van der Waals surface area contributed by atoms with Gasteiger partial charge in [-0.1, -0.05) is 148 Å². The summed E-state index contributed by atoms with van der Waals surface area (Å²) >= 11 is 1.85. The minimum Gasteiger partial charge on any atom is -0.464 e. The first-order chi connectivity index (χ1) is 26.3. The molecule has 2 unspecified atom stereocenters. The molecule has 54 heavy (non-hydrogen) atoms. The molecule has 2 fully saturated rings. The Bertz CT molecular complexity index is 1330. The lowest BCUT2D eigenvalue weighted by Gasteiger charge is -2.42. The Balaban J connectivity index is 0.972. The van der Waals surface area contributed by atoms with Gasteiger partial charge in [-0.2, -0.15) is 0 Å². The minimum absolute atomic E-state index is 0.253. The van der Waals surface area contributed by atoms with Crippen molar-refractivity contribution in [1.82, 2.24) is 10.2 Å². The molecule has 304 valence electrons. The van der Waals surface area contributed by atoms with E-state index in [1.807, 2.05) is 23.9 Å². The zero-order valence-electron chi connectivity index (χ0n) is 34.4. The number of rotatable bonds is 26. The van der Waals surface area contributed by atoms with Gasteiger partial charge in [0.05, 0.1) is 51.2 Å². The Labute approximate surface area is 332 Å². The Hall–Kier alpha value is -2.72. The number of hydrogen-bond acceptors (Lipinski definition) is 8. The molecule has 0 bridgehead atoms. The van der Waals surface area contributed by atoms with Gasteiger partial charge in [0.25, 0.3) is 0 Å². The highest BCUT2D eigenvalue weighted by Gasteiger charge is 2.36. The third-order valence-electron chi connectivity index (χ3n) is 11.3. The topological polar surface area (TPSA) is 92.3 Å². The number of carbonyl (C=O) groups is 2. The van der Waals surface area contributed by atoms with Crippen molar-refractivity contribution in [2.75, 3.05) is 51.9 Å². The average molecular weight is 769 g/mol. The number of hydrogen-bond donors (Lipinski definition) is 2. The summed E-state index contributed by atoms with van der Waals surface area (Å²) in [5.74, 6) is 0.747. The monoisotopic (exact) mass is 769 g/mol. The van der Waals surface area contributed by atoms with Gasteiger partial charge in [-0.25, -0.2) is 14.6 Å². The van der Waals surface area contributed by atoms with E-state index in [2.05, 4.69) is 48.6 Å². The van der Waals surface area contributed by atoms with Crippen LogP contribution in [0.2, 0.25) is 0 Å². The fourth-order valence-electron chi connectivity index (χ4n) is 7.68. The maximum atomic E-state index is 12.6. The first kappa shape index (κ1) is 44.0. The molecule has 3 heterocycles. The number of amides is 1. The van der Waals surface area contributed by atoms with Crippen molar-refractivity contribution in [3.05, 3.63) is 35.7 Å². The van der Waals surface area contributed by atoms with Crippen LogP contribution in [0.15, 0.2) is 40.7 Å². The fraction of sp³-hybridized carbons (Fsp3) is 0.750. The molecule has 2 saturated heterocycles. The standard InChI is InChI=1S/C44H73N5O4S/c1-5-6-7-8-9-10-11-12-13-14-15-16-17-18-19-20-21-22-23-26-33-52-43(50)37(3)45-44(51)53-35-49(4)31-29-48(30-32-49)41-38-34-36(2)54-42(38)47-40-28-25-24-27-39(40)46-41/h24-25,27-28,36-37H,5-23,26,29-35H2,1-4H3,(H-,45,46,47,51)/p+1. The zero-order valence-corrected chi connectivity index (χ0v) is 35.3. The van der Waals surface area contributed by atoms with Crippen LogP contribution in [0.1, 0.15) is 156 Å². The van der Waals surface area contributed by atoms with Crippen molar-refractivity contribution in [2.24, 2.45) is 4.99 Å². The summed E-state index contributed by atoms with van der Waals surface area (Å²) in [6, 6.07) is 7.49. The Morgan fingerprint density at radius 1 is 0.852 bits per heavy atom. The predicted molar refractivity (Wildman–Crippen MR) is 226 cm³/mol. The van der Waals surface area contributed by atoms with E-state index >= 15 is 0 Å². The number of anilines is 1. The van der Waals surface area contributed by atoms with Crippen LogP contribution in [0.3, 0.4) is 0 Å². The van der Waals surface area contributed by atoms with Gasteiger partial charge in [0.2, 0.25) is 6.73 Å². The molecule has 3 aliphatic rings. The first-order valence-corrected chi connectivity index (χ1v) is 22.7. The second-order valence-electron chi connectivity index (χ2n) is 16.4. The molecule has 9 nitrogen and oxygen atoms in total. The highest BCUT2D eigenvalue weighted by atomic mass is 32.2. The number of fused-ring (bicyclic) bond motifs is 2. The Kier molecular flexibility index (Phi) is 20.1. The SMILES string of the molecule is CCCCCCCCCCCCCCCCCCCCCCOC(=O)C(C)NC(=O)OC[N+]1(C)CCN(C2=C3CC(C)SC3=Nc3ccccc3N2)CC1. The fourth-order valence-corrected chi connectivity index (χ4v) is 8.78. The van der Waals surface area contributed by atoms with Crippen molar-refractivity contribution in [3.63, 3.8) is 0 Å². The van der Waals surface area contributed by atoms with E-state index in [9.17, 15) is 9.59 Å². The highest BCUT2D eigenvalue weighted by Crippen LogP contribution is 2.42. The van der Waals surface area contributed by atoms with E-state index in [0.29, 0.717) is 16.3 Å². The van der Waals surface area contributed by atoms with Crippen LogP contribution in [0.25, 0.3) is 0 Å². The van der Waals surface area contributed by atoms with Gasteiger partial charge in [-0.3, -0.25) is 4.48 Å². The van der Waals surface area contributed by atoms with E-state index < -0.39 is 18.1 Å². The third-order valence-corrected chi connectivity index (χ3v) is 12.4. The smallest absolute Gasteiger partial charge is 0.412 e. The minimum atomic E-state index is -0.745. The van der Waals surface area contributed by atoms with Gasteiger partial charge in [0, 0.05) is 10.8 Å². The van der Waals surface area contributed by atoms with E-state index in [1.165, 1.54) is 121 Å². The van der Waals surface area contributed by atoms with E-state index in [4.69, 9.17) is 14.5 Å². The number of unbranched alkanes of at least 4 members (excludes halogenated alkanes) is 19. The molecule has 1 aromatic rings. The van der Waals surface area contributed by atoms with Gasteiger partial charge >= 0.3 is 12.1 Å². The van der Waals surface area contributed by atoms with E-state index in [-0.39, 0.29) is 6.73 Å². The summed E-state index contributed by atoms with van der Waals surface area (Å²) in [4.78, 5) is 32.6. The number of para-hydroxylation sites is 2. The summed E-state index contributed by atoms with van der Waals surface area (Å²) in [7, 11) is 2.12. The summed E-state index contributed by atoms with van der Waals surface area (Å²) < 4.78 is 11.7. The van der Waals surface area contributed by atoms with Gasteiger partial charge in [-0.15, -0.1) is 11.8 Å². The Morgan fingerprint density at radius 2 is 1.39 bits per heavy atom. The zero-order chi connectivity index (χ0) is 38.4. The molecule has 0 saturated carbocycles. The Morgan fingerprint density at radius 3 is 1.96 bits per heavy atom. The second-order valence-corrected chi connectivity index (χ2v) is 17.8. The van der Waals surface area contributed by atoms with Crippen molar-refractivity contribution < 1.29 is 23.5 Å². The van der Waals surface area contributed by atoms with Gasteiger partial charge in [-0.05, 0) is 31.9 Å². The van der Waals surface area contributed by atoms with Crippen molar-refractivity contribution in [2.45, 2.75) is 167 Å². The number of nitrogens with one attached hydrogen (secondary N) is 2. The molecule has 2 atom stereocenters. The molecule has 1 aromatic carbocycles. The number of alkyl carbamates (subject to hydrolysis) is 1. The third kappa shape index (κ3) is 15.8. The van der Waals surface area contributed by atoms with Crippen LogP contribution in [0.4, 0.5) is 16.2 Å². The largest absolute Gasteiger partial charge is 0.464 e. The van der Waals surface area contributed by atoms with Crippen LogP contribution in [-0.4, -0.2) is 84.3 Å². The highest BCUT2D eigenvalue weighted by molar-refractivity contribution is 8.15. The summed E-state index contributed by atoms with van der Waals surface area (Å²) in [5.41, 5.74) is 3.31. The van der Waals surface area contributed by atoms with E-state index in [0.717, 1.165) is 67.7 Å². The number of nitrogens with zero attached hydrogens (tertiary/aromatic N) is 3. The molecule has 0 radical (unpaired) electrons. The van der Waals surface area contributed by atoms with Gasteiger partial charge in [0.1, 0.15) is 16.9 Å². The maximum Gasteiger partial charge on any atom is 0.412 e. The van der Waals surface area contributed by atoms with Gasteiger partial charge in [0.15, 0.2) is 0 Å². The number of likely N-dealkylation sites (N-methyl/N-ethyl adjacent to an activating group) is 1. The number of thioether (sulfide) groups is 1. The molecule has 2 N–H and O–H groups in total. The number of aliphatic imine (C=N–C) groups is 1. The van der Waals surface area contributed by atoms with Gasteiger partial charge < -0.3 is 25.0 Å². The summed E-state index contributed by atoms with van der Waals surface area (Å²) in [6.45, 7) is 10.2. The number of quaternary nitrogens is 1. The quantitative estimate of drug-likeness (QED) is 0.0551. The molecule has 0 spiro atoms. The summed E-state index contributed by atoms with van der Waals surface area (Å²) in [6.07, 6.45) is 27.2. The number of carbonyl (C=O) groups excluding carboxylic acids is 2. The molecule has 4 rings (SSSR count). The average Bonchev–Trinajstić information content (AvgIpc) is 3.46. The van der Waals surface area contributed by atoms with Crippen LogP contribution < -0.4 is 10.6 Å². The number of piperazine rings is 1. The normalized spacial score (nSPS) is 18.3. The molecule has 0 aliphatic carbocycles. The second kappa shape index (κ2) is 24.7. The first-order valence-electron chi connectivity index (χ1n) is 21.8. The predicted octanol–water partition coefficient (Wildman–Crippen LogP) is 11.1. The number of esters is 1. The lowest BCUT2D eigenvalue weighted by atomic mass is 10.0. The molecule has 0 aromatic heterocycles. The molecular weight excluding hydrogens is 695 g/mol. The van der Waals surface area contributed by atoms with Crippen molar-refractivity contribution in [1.29, 1.82) is 0 Å². The van der Waals surface area contributed by atoms with Crippen molar-refractivity contribution in [3.8, 4) is 0 Å². The molecule has 10 heteroatoms. The van der Waals surface area contributed by atoms with E-state index in [1.54, 1.807) is 6.92 Å². The summed E-state index contributed by atoms with van der Waals surface area (Å²) in [5, 5.41) is 8.00. The number of benzene rings is 1. The molecular formula is C44H74N5O4S+. The maximum absolute atomic E-state index is 12.6. The number of ether oxygens (including phenoxy) is 2. The van der Waals surface area contributed by atoms with Crippen LogP contribution in [-0.2, 0) is 14.3 Å². The molecule has 3 aliphatic heterocycles.